The van der Waals surface area contributed by atoms with Crippen LogP contribution in [-0.4, -0.2) is 38.4 Å². The summed E-state index contributed by atoms with van der Waals surface area (Å²) in [6, 6.07) is 6.50. The molecule has 1 amide bonds. The number of nitrogens with one attached hydrogen (secondary N) is 1. The second kappa shape index (κ2) is 6.13. The molecule has 1 aliphatic carbocycles. The minimum absolute atomic E-state index is 0.146. The number of carbonyl (C=O) groups is 1. The summed E-state index contributed by atoms with van der Waals surface area (Å²) in [5.74, 6) is -0.490. The number of carbonyl (C=O) groups excluding carboxylic acids is 1. The molecule has 2 aliphatic rings. The fraction of sp³-hybridized carbons (Fsp3) is 0.562. The van der Waals surface area contributed by atoms with Gasteiger partial charge in [0.25, 0.3) is 5.91 Å². The third kappa shape index (κ3) is 3.50. The molecular weight excluding hydrogens is 314 g/mol. The van der Waals surface area contributed by atoms with Crippen molar-refractivity contribution < 1.29 is 13.2 Å². The van der Waals surface area contributed by atoms with E-state index in [9.17, 15) is 13.2 Å². The fourth-order valence-corrected chi connectivity index (χ4v) is 4.32. The largest absolute Gasteiger partial charge is 0.326 e. The van der Waals surface area contributed by atoms with E-state index in [1.165, 1.54) is 18.4 Å². The summed E-state index contributed by atoms with van der Waals surface area (Å²) >= 11 is 0. The van der Waals surface area contributed by atoms with Gasteiger partial charge in [-0.05, 0) is 49.9 Å². The molecule has 1 saturated heterocycles. The van der Waals surface area contributed by atoms with Crippen molar-refractivity contribution in [2.75, 3.05) is 17.4 Å². The van der Waals surface area contributed by atoms with Crippen LogP contribution < -0.4 is 9.03 Å². The summed E-state index contributed by atoms with van der Waals surface area (Å²) in [6.07, 6.45) is 3.68. The van der Waals surface area contributed by atoms with Crippen molar-refractivity contribution in [2.24, 2.45) is 0 Å². The van der Waals surface area contributed by atoms with Gasteiger partial charge in [0.1, 0.15) is 6.54 Å². The fourth-order valence-electron chi connectivity index (χ4n) is 3.11. The maximum absolute atomic E-state index is 12.0. The molecular formula is C16H23N3O3S. The number of aryl methyl sites for hydroxylation is 1. The molecule has 0 unspecified atom stereocenters. The average molecular weight is 337 g/mol. The zero-order valence-electron chi connectivity index (χ0n) is 13.6. The van der Waals surface area contributed by atoms with E-state index in [2.05, 4.69) is 11.8 Å². The summed E-state index contributed by atoms with van der Waals surface area (Å²) in [4.78, 5) is 13.9. The summed E-state index contributed by atoms with van der Waals surface area (Å²) in [5, 5.41) is 0. The van der Waals surface area contributed by atoms with Crippen LogP contribution in [0.15, 0.2) is 18.2 Å². The normalized spacial score (nSPS) is 20.1. The predicted octanol–water partition coefficient (Wildman–Crippen LogP) is 1.55. The van der Waals surface area contributed by atoms with Crippen molar-refractivity contribution >= 4 is 21.8 Å². The van der Waals surface area contributed by atoms with E-state index < -0.39 is 16.1 Å². The van der Waals surface area contributed by atoms with Crippen LogP contribution in [0.2, 0.25) is 0 Å². The van der Waals surface area contributed by atoms with Crippen LogP contribution in [0.1, 0.15) is 37.3 Å². The standard InChI is InChI=1S/C16H23N3O3S/c1-3-8-18(14-5-6-14)10-13-4-7-15(12(2)9-13)19-11-16(20)17-23(19,21)22/h4,7,9,14H,3,5-6,8,10-11H2,1-2H3,(H,17,20). The molecule has 126 valence electrons. The van der Waals surface area contributed by atoms with Crippen LogP contribution in [0.5, 0.6) is 0 Å². The summed E-state index contributed by atoms with van der Waals surface area (Å²) in [6.45, 7) is 5.91. The molecule has 1 aromatic carbocycles. The highest BCUT2D eigenvalue weighted by atomic mass is 32.2. The first-order valence-corrected chi connectivity index (χ1v) is 9.51. The zero-order chi connectivity index (χ0) is 16.6. The number of nitrogens with zero attached hydrogens (tertiary/aromatic N) is 2. The van der Waals surface area contributed by atoms with Gasteiger partial charge in [-0.1, -0.05) is 19.1 Å². The van der Waals surface area contributed by atoms with E-state index in [-0.39, 0.29) is 6.54 Å². The SMILES string of the molecule is CCCN(Cc1ccc(N2CC(=O)NS2(=O)=O)c(C)c1)C1CC1. The molecule has 1 saturated carbocycles. The van der Waals surface area contributed by atoms with Crippen LogP contribution >= 0.6 is 0 Å². The molecule has 0 atom stereocenters. The Bertz CT molecular complexity index is 713. The molecule has 0 spiro atoms. The highest BCUT2D eigenvalue weighted by Crippen LogP contribution is 2.30. The smallest absolute Gasteiger partial charge is 0.296 e. The van der Waals surface area contributed by atoms with Gasteiger partial charge in [-0.3, -0.25) is 9.69 Å². The molecule has 2 fully saturated rings. The van der Waals surface area contributed by atoms with Gasteiger partial charge in [0.05, 0.1) is 5.69 Å². The van der Waals surface area contributed by atoms with Crippen LogP contribution in [0.25, 0.3) is 0 Å². The second-order valence-corrected chi connectivity index (χ2v) is 7.95. The molecule has 23 heavy (non-hydrogen) atoms. The molecule has 0 radical (unpaired) electrons. The van der Waals surface area contributed by atoms with Crippen molar-refractivity contribution in [1.29, 1.82) is 0 Å². The lowest BCUT2D eigenvalue weighted by Gasteiger charge is -2.23. The predicted molar refractivity (Wildman–Crippen MR) is 89.3 cm³/mol. The van der Waals surface area contributed by atoms with Gasteiger partial charge in [-0.25, -0.2) is 9.03 Å². The van der Waals surface area contributed by atoms with Gasteiger partial charge < -0.3 is 0 Å². The number of amides is 1. The van der Waals surface area contributed by atoms with Gasteiger partial charge in [0.15, 0.2) is 0 Å². The topological polar surface area (TPSA) is 69.7 Å². The Morgan fingerprint density at radius 2 is 2.09 bits per heavy atom. The monoisotopic (exact) mass is 337 g/mol. The van der Waals surface area contributed by atoms with Crippen molar-refractivity contribution in [1.82, 2.24) is 9.62 Å². The molecule has 3 rings (SSSR count). The molecule has 1 aromatic rings. The third-order valence-electron chi connectivity index (χ3n) is 4.31. The van der Waals surface area contributed by atoms with Crippen LogP contribution in [0.4, 0.5) is 5.69 Å². The number of hydrogen-bond acceptors (Lipinski definition) is 4. The lowest BCUT2D eigenvalue weighted by molar-refractivity contribution is -0.117. The van der Waals surface area contributed by atoms with Crippen LogP contribution in [-0.2, 0) is 21.5 Å². The Morgan fingerprint density at radius 3 is 2.61 bits per heavy atom. The minimum Gasteiger partial charge on any atom is -0.296 e. The van der Waals surface area contributed by atoms with Crippen LogP contribution in [0.3, 0.4) is 0 Å². The van der Waals surface area contributed by atoms with E-state index in [0.717, 1.165) is 29.4 Å². The van der Waals surface area contributed by atoms with Crippen molar-refractivity contribution in [3.8, 4) is 0 Å². The molecule has 1 heterocycles. The summed E-state index contributed by atoms with van der Waals surface area (Å²) in [5.41, 5.74) is 2.62. The van der Waals surface area contributed by atoms with E-state index in [1.54, 1.807) is 6.07 Å². The molecule has 7 heteroatoms. The van der Waals surface area contributed by atoms with Crippen molar-refractivity contribution in [2.45, 2.75) is 45.7 Å². The van der Waals surface area contributed by atoms with E-state index >= 15 is 0 Å². The Morgan fingerprint density at radius 1 is 1.35 bits per heavy atom. The first kappa shape index (κ1) is 16.3. The highest BCUT2D eigenvalue weighted by molar-refractivity contribution is 7.92. The first-order valence-electron chi connectivity index (χ1n) is 8.07. The molecule has 0 bridgehead atoms. The average Bonchev–Trinajstić information content (AvgIpc) is 3.25. The second-order valence-electron chi connectivity index (χ2n) is 6.36. The summed E-state index contributed by atoms with van der Waals surface area (Å²) in [7, 11) is -3.74. The van der Waals surface area contributed by atoms with Gasteiger partial charge in [0.2, 0.25) is 0 Å². The number of benzene rings is 1. The van der Waals surface area contributed by atoms with Gasteiger partial charge in [-0.2, -0.15) is 8.42 Å². The van der Waals surface area contributed by atoms with Crippen LogP contribution in [0, 0.1) is 6.92 Å². The maximum Gasteiger partial charge on any atom is 0.326 e. The lowest BCUT2D eigenvalue weighted by Crippen LogP contribution is -2.30. The number of anilines is 1. The minimum atomic E-state index is -3.74. The molecule has 6 nitrogen and oxygen atoms in total. The molecule has 1 aliphatic heterocycles. The van der Waals surface area contributed by atoms with Gasteiger partial charge >= 0.3 is 10.2 Å². The summed E-state index contributed by atoms with van der Waals surface area (Å²) < 4.78 is 27.1. The van der Waals surface area contributed by atoms with Crippen molar-refractivity contribution in [3.05, 3.63) is 29.3 Å². The van der Waals surface area contributed by atoms with Crippen molar-refractivity contribution in [3.63, 3.8) is 0 Å². The Labute approximate surface area is 137 Å². The quantitative estimate of drug-likeness (QED) is 0.855. The zero-order valence-corrected chi connectivity index (χ0v) is 14.4. The third-order valence-corrected chi connectivity index (χ3v) is 5.70. The Hall–Kier alpha value is -1.60. The van der Waals surface area contributed by atoms with Gasteiger partial charge in [0, 0.05) is 12.6 Å². The first-order chi connectivity index (χ1) is 10.9. The molecule has 0 aromatic heterocycles. The Balaban J connectivity index is 1.79. The highest BCUT2D eigenvalue weighted by Gasteiger charge is 2.35. The van der Waals surface area contributed by atoms with E-state index in [0.29, 0.717) is 11.7 Å². The Kier molecular flexibility index (Phi) is 4.33. The molecule has 1 N–H and O–H groups in total. The number of rotatable bonds is 6. The van der Waals surface area contributed by atoms with E-state index in [1.807, 2.05) is 23.8 Å². The number of hydrogen-bond donors (Lipinski definition) is 1. The lowest BCUT2D eigenvalue weighted by atomic mass is 10.1. The van der Waals surface area contributed by atoms with E-state index in [4.69, 9.17) is 0 Å². The van der Waals surface area contributed by atoms with Gasteiger partial charge in [-0.15, -0.1) is 0 Å². The maximum atomic E-state index is 12.0.